The first-order valence-electron chi connectivity index (χ1n) is 9.50. The zero-order valence-corrected chi connectivity index (χ0v) is 16.5. The van der Waals surface area contributed by atoms with Gasteiger partial charge in [-0.1, -0.05) is 0 Å². The zero-order chi connectivity index (χ0) is 19.1. The fraction of sp³-hybridized carbons (Fsp3) is 0.944. The average Bonchev–Trinajstić information content (AvgIpc) is 2.58. The maximum atomic E-state index is 11.4. The molecule has 1 heterocycles. The Labute approximate surface area is 157 Å². The lowest BCUT2D eigenvalue weighted by Crippen LogP contribution is -2.34. The Balaban J connectivity index is 1.75. The average molecular weight is 376 g/mol. The van der Waals surface area contributed by atoms with Gasteiger partial charge in [0.2, 0.25) is 0 Å². The Morgan fingerprint density at radius 1 is 0.923 bits per heavy atom. The van der Waals surface area contributed by atoms with Gasteiger partial charge in [-0.3, -0.25) is 0 Å². The van der Waals surface area contributed by atoms with E-state index in [9.17, 15) is 4.79 Å². The second-order valence-corrected chi connectivity index (χ2v) is 7.09. The lowest BCUT2D eigenvalue weighted by molar-refractivity contribution is -0.0250. The van der Waals surface area contributed by atoms with Crippen molar-refractivity contribution in [2.24, 2.45) is 0 Å². The molecule has 8 nitrogen and oxygen atoms in total. The minimum atomic E-state index is -0.486. The maximum Gasteiger partial charge on any atom is 0.407 e. The quantitative estimate of drug-likeness (QED) is 0.469. The standard InChI is InChI=1S/C18H36N2O6/c1-18(2,3)26-17(21)20-8-9-22-10-11-23-12-13-24-14-15-25-16-4-6-19-7-5-16/h16,19H,4-15H2,1-3H3,(H,20,21). The molecule has 0 unspecified atom stereocenters. The summed E-state index contributed by atoms with van der Waals surface area (Å²) in [5, 5.41) is 5.94. The van der Waals surface area contributed by atoms with Gasteiger partial charge < -0.3 is 34.3 Å². The van der Waals surface area contributed by atoms with E-state index in [4.69, 9.17) is 23.7 Å². The topological polar surface area (TPSA) is 87.3 Å². The first kappa shape index (κ1) is 23.1. The normalized spacial score (nSPS) is 15.8. The molecular weight excluding hydrogens is 340 g/mol. The molecule has 0 spiro atoms. The summed E-state index contributed by atoms with van der Waals surface area (Å²) >= 11 is 0. The third-order valence-electron chi connectivity index (χ3n) is 3.53. The van der Waals surface area contributed by atoms with Crippen LogP contribution in [0.2, 0.25) is 0 Å². The fourth-order valence-electron chi connectivity index (χ4n) is 2.32. The van der Waals surface area contributed by atoms with Crippen molar-refractivity contribution < 1.29 is 28.5 Å². The molecule has 1 saturated heterocycles. The van der Waals surface area contributed by atoms with Crippen LogP contribution < -0.4 is 10.6 Å². The smallest absolute Gasteiger partial charge is 0.407 e. The lowest BCUT2D eigenvalue weighted by atomic mass is 10.1. The predicted octanol–water partition coefficient (Wildman–Crippen LogP) is 1.33. The summed E-state index contributed by atoms with van der Waals surface area (Å²) in [6.07, 6.45) is 2.10. The largest absolute Gasteiger partial charge is 0.444 e. The van der Waals surface area contributed by atoms with Gasteiger partial charge in [-0.15, -0.1) is 0 Å². The number of rotatable bonds is 13. The number of hydrogen-bond acceptors (Lipinski definition) is 7. The second kappa shape index (κ2) is 14.2. The monoisotopic (exact) mass is 376 g/mol. The highest BCUT2D eigenvalue weighted by Gasteiger charge is 2.15. The molecule has 154 valence electrons. The Hall–Kier alpha value is -0.930. The number of amides is 1. The highest BCUT2D eigenvalue weighted by Crippen LogP contribution is 2.07. The molecular formula is C18H36N2O6. The Morgan fingerprint density at radius 2 is 1.46 bits per heavy atom. The number of carbonyl (C=O) groups is 1. The van der Waals surface area contributed by atoms with Crippen LogP contribution in [0.5, 0.6) is 0 Å². The van der Waals surface area contributed by atoms with Crippen molar-refractivity contribution in [2.45, 2.75) is 45.3 Å². The molecule has 1 amide bonds. The van der Waals surface area contributed by atoms with E-state index in [-0.39, 0.29) is 0 Å². The Kier molecular flexibility index (Phi) is 12.6. The highest BCUT2D eigenvalue weighted by molar-refractivity contribution is 5.67. The summed E-state index contributed by atoms with van der Waals surface area (Å²) in [4.78, 5) is 11.4. The number of hydrogen-bond donors (Lipinski definition) is 2. The van der Waals surface area contributed by atoms with Gasteiger partial charge in [0.1, 0.15) is 5.60 Å². The summed E-state index contributed by atoms with van der Waals surface area (Å²) < 4.78 is 27.1. The second-order valence-electron chi connectivity index (χ2n) is 7.09. The summed E-state index contributed by atoms with van der Waals surface area (Å²) in [7, 11) is 0. The van der Waals surface area contributed by atoms with E-state index in [1.165, 1.54) is 0 Å². The minimum Gasteiger partial charge on any atom is -0.444 e. The van der Waals surface area contributed by atoms with Crippen molar-refractivity contribution in [3.63, 3.8) is 0 Å². The molecule has 2 N–H and O–H groups in total. The van der Waals surface area contributed by atoms with Gasteiger partial charge in [-0.2, -0.15) is 0 Å². The van der Waals surface area contributed by atoms with Gasteiger partial charge in [-0.25, -0.2) is 4.79 Å². The number of nitrogens with one attached hydrogen (secondary N) is 2. The van der Waals surface area contributed by atoms with Crippen molar-refractivity contribution >= 4 is 6.09 Å². The van der Waals surface area contributed by atoms with E-state index in [1.54, 1.807) is 0 Å². The first-order valence-corrected chi connectivity index (χ1v) is 9.50. The molecule has 26 heavy (non-hydrogen) atoms. The summed E-state index contributed by atoms with van der Waals surface area (Å²) in [6, 6.07) is 0. The predicted molar refractivity (Wildman–Crippen MR) is 98.5 cm³/mol. The molecule has 0 aromatic rings. The molecule has 8 heteroatoms. The zero-order valence-electron chi connectivity index (χ0n) is 16.5. The van der Waals surface area contributed by atoms with Crippen molar-refractivity contribution in [1.82, 2.24) is 10.6 Å². The fourth-order valence-corrected chi connectivity index (χ4v) is 2.32. The molecule has 1 rings (SSSR count). The van der Waals surface area contributed by atoms with Crippen molar-refractivity contribution in [3.8, 4) is 0 Å². The summed E-state index contributed by atoms with van der Waals surface area (Å²) in [5.74, 6) is 0. The SMILES string of the molecule is CC(C)(C)OC(=O)NCCOCCOCCOCCOC1CCNCC1. The summed E-state index contributed by atoms with van der Waals surface area (Å²) in [5.41, 5.74) is -0.486. The van der Waals surface area contributed by atoms with Gasteiger partial charge in [0.15, 0.2) is 0 Å². The van der Waals surface area contributed by atoms with Crippen LogP contribution in [0.1, 0.15) is 33.6 Å². The van der Waals surface area contributed by atoms with Crippen LogP contribution in [0, 0.1) is 0 Å². The molecule has 0 bridgehead atoms. The number of ether oxygens (including phenoxy) is 5. The van der Waals surface area contributed by atoms with Gasteiger partial charge >= 0.3 is 6.09 Å². The van der Waals surface area contributed by atoms with E-state index < -0.39 is 11.7 Å². The van der Waals surface area contributed by atoms with Crippen molar-refractivity contribution in [1.29, 1.82) is 0 Å². The number of carbonyl (C=O) groups excluding carboxylic acids is 1. The summed E-state index contributed by atoms with van der Waals surface area (Å²) in [6.45, 7) is 11.7. The van der Waals surface area contributed by atoms with Crippen LogP contribution >= 0.6 is 0 Å². The molecule has 1 aliphatic rings. The molecule has 0 radical (unpaired) electrons. The third kappa shape index (κ3) is 14.3. The number of piperidine rings is 1. The van der Waals surface area contributed by atoms with Crippen LogP contribution in [0.15, 0.2) is 0 Å². The minimum absolute atomic E-state index is 0.373. The third-order valence-corrected chi connectivity index (χ3v) is 3.53. The molecule has 0 aromatic heterocycles. The molecule has 0 atom stereocenters. The van der Waals surface area contributed by atoms with Crippen molar-refractivity contribution in [3.05, 3.63) is 0 Å². The van der Waals surface area contributed by atoms with Gasteiger partial charge in [0.25, 0.3) is 0 Å². The van der Waals surface area contributed by atoms with E-state index in [2.05, 4.69) is 10.6 Å². The van der Waals surface area contributed by atoms with E-state index in [0.717, 1.165) is 25.9 Å². The van der Waals surface area contributed by atoms with Crippen LogP contribution in [0.4, 0.5) is 4.79 Å². The highest BCUT2D eigenvalue weighted by atomic mass is 16.6. The Morgan fingerprint density at radius 3 is 2.04 bits per heavy atom. The van der Waals surface area contributed by atoms with Crippen LogP contribution in [0.25, 0.3) is 0 Å². The molecule has 0 saturated carbocycles. The molecule has 0 aromatic carbocycles. The first-order chi connectivity index (χ1) is 12.5. The van der Waals surface area contributed by atoms with E-state index in [1.807, 2.05) is 20.8 Å². The van der Waals surface area contributed by atoms with E-state index in [0.29, 0.717) is 58.9 Å². The lowest BCUT2D eigenvalue weighted by Gasteiger charge is -2.22. The maximum absolute atomic E-state index is 11.4. The van der Waals surface area contributed by atoms with Crippen LogP contribution in [-0.4, -0.2) is 83.7 Å². The molecule has 0 aliphatic carbocycles. The van der Waals surface area contributed by atoms with Crippen molar-refractivity contribution in [2.75, 3.05) is 65.9 Å². The molecule has 1 aliphatic heterocycles. The van der Waals surface area contributed by atoms with Crippen LogP contribution in [0.3, 0.4) is 0 Å². The van der Waals surface area contributed by atoms with Gasteiger partial charge in [-0.05, 0) is 46.7 Å². The van der Waals surface area contributed by atoms with Gasteiger partial charge in [0, 0.05) is 6.54 Å². The van der Waals surface area contributed by atoms with E-state index >= 15 is 0 Å². The Bertz CT molecular complexity index is 356. The van der Waals surface area contributed by atoms with Gasteiger partial charge in [0.05, 0.1) is 52.4 Å². The van der Waals surface area contributed by atoms with Crippen LogP contribution in [-0.2, 0) is 23.7 Å². The number of alkyl carbamates (subject to hydrolysis) is 1. The molecule has 1 fully saturated rings.